The fourth-order valence-electron chi connectivity index (χ4n) is 6.61. The number of amidine groups is 1. The Labute approximate surface area is 270 Å². The maximum absolute atomic E-state index is 5.15. The summed E-state index contributed by atoms with van der Waals surface area (Å²) in [6, 6.07) is 39.1. The molecule has 2 aliphatic heterocycles. The minimum atomic E-state index is -0.00293. The number of dihydropyridines is 1. The highest BCUT2D eigenvalue weighted by molar-refractivity contribution is 7.23. The SMILES string of the molecule is C1=CC(C2C=C(c3ccncc3)N=C(c3cccc(-n4c5ccccc5c5c6sc(-c7ccccc7)cc6ccc54)c3)N2)=CCN1. The van der Waals surface area contributed by atoms with E-state index >= 15 is 0 Å². The molecule has 7 aromatic rings. The maximum Gasteiger partial charge on any atom is 0.134 e. The van der Waals surface area contributed by atoms with Crippen molar-refractivity contribution in [2.75, 3.05) is 6.54 Å². The molecule has 0 saturated heterocycles. The van der Waals surface area contributed by atoms with Crippen LogP contribution in [0.1, 0.15) is 11.1 Å². The van der Waals surface area contributed by atoms with Crippen LogP contribution >= 0.6 is 11.3 Å². The number of thiophene rings is 1. The van der Waals surface area contributed by atoms with Crippen LogP contribution in [0.5, 0.6) is 0 Å². The third kappa shape index (κ3) is 4.54. The quantitative estimate of drug-likeness (QED) is 0.204. The molecular weight excluding hydrogens is 583 g/mol. The second kappa shape index (κ2) is 11.0. The molecule has 5 heterocycles. The topological polar surface area (TPSA) is 54.2 Å². The average molecular weight is 612 g/mol. The van der Waals surface area contributed by atoms with Crippen molar-refractivity contribution in [3.63, 3.8) is 0 Å². The first-order valence-corrected chi connectivity index (χ1v) is 16.3. The molecule has 1 atom stereocenters. The summed E-state index contributed by atoms with van der Waals surface area (Å²) in [5.74, 6) is 0.850. The first kappa shape index (κ1) is 26.7. The van der Waals surface area contributed by atoms with E-state index in [2.05, 4.69) is 135 Å². The van der Waals surface area contributed by atoms with Crippen LogP contribution in [0.3, 0.4) is 0 Å². The molecule has 3 aromatic heterocycles. The van der Waals surface area contributed by atoms with E-state index in [1.54, 1.807) is 0 Å². The van der Waals surface area contributed by atoms with Gasteiger partial charge in [0, 0.05) is 56.1 Å². The van der Waals surface area contributed by atoms with Gasteiger partial charge in [-0.3, -0.25) is 4.98 Å². The number of aliphatic imine (C=N–C) groups is 1. The number of para-hydroxylation sites is 1. The van der Waals surface area contributed by atoms with Gasteiger partial charge < -0.3 is 15.2 Å². The highest BCUT2D eigenvalue weighted by Gasteiger charge is 2.22. The largest absolute Gasteiger partial charge is 0.387 e. The van der Waals surface area contributed by atoms with Crippen LogP contribution in [0.15, 0.2) is 157 Å². The monoisotopic (exact) mass is 611 g/mol. The van der Waals surface area contributed by atoms with Crippen LogP contribution < -0.4 is 10.6 Å². The molecule has 0 bridgehead atoms. The smallest absolute Gasteiger partial charge is 0.134 e. The Morgan fingerprint density at radius 3 is 2.48 bits per heavy atom. The number of aromatic nitrogens is 2. The van der Waals surface area contributed by atoms with Gasteiger partial charge in [-0.05, 0) is 77.3 Å². The third-order valence-electron chi connectivity index (χ3n) is 8.79. The van der Waals surface area contributed by atoms with Gasteiger partial charge in [0.2, 0.25) is 0 Å². The molecule has 0 spiro atoms. The van der Waals surface area contributed by atoms with Gasteiger partial charge in [-0.25, -0.2) is 4.99 Å². The van der Waals surface area contributed by atoms with Gasteiger partial charge in [-0.2, -0.15) is 0 Å². The lowest BCUT2D eigenvalue weighted by Crippen LogP contribution is -2.38. The molecule has 6 heteroatoms. The Bertz CT molecular complexity index is 2390. The van der Waals surface area contributed by atoms with Crippen molar-refractivity contribution in [1.29, 1.82) is 0 Å². The Morgan fingerprint density at radius 1 is 0.761 bits per heavy atom. The predicted molar refractivity (Wildman–Crippen MR) is 193 cm³/mol. The fourth-order valence-corrected chi connectivity index (χ4v) is 7.83. The second-order valence-corrected chi connectivity index (χ2v) is 12.6. The van der Waals surface area contributed by atoms with Gasteiger partial charge in [-0.15, -0.1) is 11.3 Å². The molecule has 0 amide bonds. The summed E-state index contributed by atoms with van der Waals surface area (Å²) in [4.78, 5) is 10.7. The summed E-state index contributed by atoms with van der Waals surface area (Å²) >= 11 is 1.87. The molecule has 5 nitrogen and oxygen atoms in total. The summed E-state index contributed by atoms with van der Waals surface area (Å²) < 4.78 is 3.72. The Morgan fingerprint density at radius 2 is 1.61 bits per heavy atom. The Kier molecular flexibility index (Phi) is 6.39. The summed E-state index contributed by atoms with van der Waals surface area (Å²) in [6.07, 6.45) is 12.2. The Balaban J connectivity index is 1.19. The van der Waals surface area contributed by atoms with Crippen LogP contribution in [0.4, 0.5) is 0 Å². The van der Waals surface area contributed by atoms with Gasteiger partial charge in [-0.1, -0.05) is 72.8 Å². The fraction of sp³-hybridized carbons (Fsp3) is 0.0500. The van der Waals surface area contributed by atoms with Crippen LogP contribution in [0, 0.1) is 0 Å². The van der Waals surface area contributed by atoms with E-state index in [1.165, 1.54) is 47.9 Å². The van der Waals surface area contributed by atoms with Gasteiger partial charge in [0.25, 0.3) is 0 Å². The minimum Gasteiger partial charge on any atom is -0.387 e. The minimum absolute atomic E-state index is 0.00293. The van der Waals surface area contributed by atoms with E-state index in [9.17, 15) is 0 Å². The molecule has 4 aromatic carbocycles. The van der Waals surface area contributed by atoms with Crippen LogP contribution in [-0.2, 0) is 0 Å². The van der Waals surface area contributed by atoms with Gasteiger partial charge in [0.05, 0.1) is 22.8 Å². The van der Waals surface area contributed by atoms with Gasteiger partial charge in [0.1, 0.15) is 5.84 Å². The van der Waals surface area contributed by atoms with Crippen molar-refractivity contribution in [3.8, 4) is 16.1 Å². The molecule has 9 rings (SSSR count). The van der Waals surface area contributed by atoms with Crippen LogP contribution in [0.25, 0.3) is 53.7 Å². The van der Waals surface area contributed by atoms with Crippen molar-refractivity contribution in [2.45, 2.75) is 6.04 Å². The molecule has 2 N–H and O–H groups in total. The lowest BCUT2D eigenvalue weighted by Gasteiger charge is -2.26. The molecule has 1 unspecified atom stereocenters. The molecule has 220 valence electrons. The molecule has 46 heavy (non-hydrogen) atoms. The molecule has 0 fully saturated rings. The number of hydrogen-bond donors (Lipinski definition) is 2. The van der Waals surface area contributed by atoms with Crippen molar-refractivity contribution >= 4 is 54.8 Å². The van der Waals surface area contributed by atoms with Crippen LogP contribution in [0.2, 0.25) is 0 Å². The van der Waals surface area contributed by atoms with E-state index in [0.29, 0.717) is 0 Å². The van der Waals surface area contributed by atoms with E-state index in [4.69, 9.17) is 4.99 Å². The lowest BCUT2D eigenvalue weighted by atomic mass is 9.99. The number of hydrogen-bond acceptors (Lipinski definition) is 5. The number of nitrogens with one attached hydrogen (secondary N) is 2. The lowest BCUT2D eigenvalue weighted by molar-refractivity contribution is 0.814. The van der Waals surface area contributed by atoms with E-state index in [0.717, 1.165) is 34.9 Å². The van der Waals surface area contributed by atoms with Gasteiger partial charge in [0.15, 0.2) is 0 Å². The standard InChI is InChI=1S/C40H29N5S/c1-2-7-28(8-3-1)37-24-29-13-14-36-38(39(29)46-37)32-11-4-5-12-35(32)45(36)31-10-6-9-30(23-31)40-43-33(26-15-19-41-20-16-26)25-34(44-40)27-17-21-42-22-18-27/h1-21,23-25,34,42H,22H2,(H,43,44). The first-order valence-electron chi connectivity index (χ1n) is 15.5. The van der Waals surface area contributed by atoms with Crippen molar-refractivity contribution in [2.24, 2.45) is 4.99 Å². The predicted octanol–water partition coefficient (Wildman–Crippen LogP) is 8.86. The number of pyridine rings is 1. The molecular formula is C40H29N5S. The maximum atomic E-state index is 5.15. The molecule has 0 aliphatic carbocycles. The molecule has 2 aliphatic rings. The number of nitrogens with zero attached hydrogens (tertiary/aromatic N) is 3. The third-order valence-corrected chi connectivity index (χ3v) is 10.0. The van der Waals surface area contributed by atoms with Crippen LogP contribution in [-0.4, -0.2) is 28.0 Å². The van der Waals surface area contributed by atoms with Gasteiger partial charge >= 0.3 is 0 Å². The number of benzene rings is 4. The highest BCUT2D eigenvalue weighted by Crippen LogP contribution is 2.42. The highest BCUT2D eigenvalue weighted by atomic mass is 32.1. The number of fused-ring (bicyclic) bond motifs is 5. The first-order chi connectivity index (χ1) is 22.8. The average Bonchev–Trinajstić information content (AvgIpc) is 3.72. The Hall–Kier alpha value is -5.72. The van der Waals surface area contributed by atoms with E-state index in [-0.39, 0.29) is 6.04 Å². The summed E-state index contributed by atoms with van der Waals surface area (Å²) in [5, 5.41) is 10.8. The zero-order valence-corrected chi connectivity index (χ0v) is 25.7. The zero-order chi connectivity index (χ0) is 30.5. The number of rotatable bonds is 5. The molecule has 0 saturated carbocycles. The summed E-state index contributed by atoms with van der Waals surface area (Å²) in [5.41, 5.74) is 8.98. The van der Waals surface area contributed by atoms with Crippen molar-refractivity contribution in [3.05, 3.63) is 163 Å². The van der Waals surface area contributed by atoms with Crippen molar-refractivity contribution < 1.29 is 0 Å². The van der Waals surface area contributed by atoms with E-state index in [1.807, 2.05) is 42.1 Å². The summed E-state index contributed by atoms with van der Waals surface area (Å²) in [6.45, 7) is 0.808. The second-order valence-electron chi connectivity index (χ2n) is 11.6. The zero-order valence-electron chi connectivity index (χ0n) is 24.9. The summed E-state index contributed by atoms with van der Waals surface area (Å²) in [7, 11) is 0. The van der Waals surface area contributed by atoms with Crippen molar-refractivity contribution in [1.82, 2.24) is 20.2 Å². The normalized spacial score (nSPS) is 16.2. The molecule has 0 radical (unpaired) electrons. The van der Waals surface area contributed by atoms with E-state index < -0.39 is 0 Å².